The van der Waals surface area contributed by atoms with Gasteiger partial charge in [-0.3, -0.25) is 0 Å². The van der Waals surface area contributed by atoms with Crippen LogP contribution in [0.25, 0.3) is 0 Å². The topological polar surface area (TPSA) is 3.24 Å². The van der Waals surface area contributed by atoms with Gasteiger partial charge >= 0.3 is 54.7 Å². The van der Waals surface area contributed by atoms with Gasteiger partial charge in [-0.2, -0.15) is 0 Å². The Hall–Kier alpha value is 0.518. The predicted octanol–water partition coefficient (Wildman–Crippen LogP) is 0.389. The van der Waals surface area contributed by atoms with Crippen LogP contribution in [-0.4, -0.2) is 22.5 Å². The van der Waals surface area contributed by atoms with Crippen LogP contribution in [0.15, 0.2) is 0 Å². The van der Waals surface area contributed by atoms with Crippen molar-refractivity contribution in [3.8, 4) is 0 Å². The van der Waals surface area contributed by atoms with Crippen LogP contribution in [0, 0.1) is 0 Å². The Morgan fingerprint density at radius 2 is 1.86 bits per heavy atom. The zero-order chi connectivity index (χ0) is 5.11. The molecule has 0 aromatic heterocycles. The van der Waals surface area contributed by atoms with Gasteiger partial charge in [0.15, 0.2) is 0 Å². The van der Waals surface area contributed by atoms with Gasteiger partial charge in [0.05, 0.1) is 0 Å². The summed E-state index contributed by atoms with van der Waals surface area (Å²) in [5.41, 5.74) is 0. The summed E-state index contributed by atoms with van der Waals surface area (Å²) in [6.45, 7) is 2.62. The maximum atomic E-state index is 2.40. The quantitative estimate of drug-likeness (QED) is 0.664. The van der Waals surface area contributed by atoms with E-state index in [9.17, 15) is 0 Å². The van der Waals surface area contributed by atoms with Crippen molar-refractivity contribution in [1.82, 2.24) is 4.90 Å². The Morgan fingerprint density at radius 3 is 2.14 bits per heavy atom. The molecular weight excluding hydrogens is 258 g/mol. The van der Waals surface area contributed by atoms with E-state index in [1.165, 1.54) is 25.9 Å². The van der Waals surface area contributed by atoms with Crippen LogP contribution in [-0.2, 0) is 19.4 Å². The molecule has 1 rings (SSSR count). The molecule has 1 aliphatic rings. The molecule has 1 aliphatic heterocycles. The first kappa shape index (κ1) is 5.65. The summed E-state index contributed by atoms with van der Waals surface area (Å²) in [6, 6.07) is 0. The normalized spacial score (nSPS) is 22.9. The van der Waals surface area contributed by atoms with Crippen LogP contribution >= 0.6 is 0 Å². The van der Waals surface area contributed by atoms with E-state index in [2.05, 4.69) is 9.42 Å². The van der Waals surface area contributed by atoms with Crippen molar-refractivity contribution in [1.29, 1.82) is 0 Å². The Morgan fingerprint density at radius 1 is 1.29 bits per heavy atom. The monoisotopic (exact) mass is 267 g/mol. The standard InChI is InChI=1S/C5H9N.W/c1-6-4-2-3-5-6;/h1H,2-5H2;. The average Bonchev–Trinajstić information content (AvgIpc) is 2.14. The predicted molar refractivity (Wildman–Crippen MR) is 26.9 cm³/mol. The fourth-order valence-corrected chi connectivity index (χ4v) is 1.60. The molecule has 1 fully saturated rings. The SMILES string of the molecule is [W]=[CH]N1CCCC1. The Bertz CT molecular complexity index is 66.5. The second-order valence-electron chi connectivity index (χ2n) is 1.85. The second kappa shape index (κ2) is 2.74. The molecule has 1 saturated heterocycles. The van der Waals surface area contributed by atoms with Crippen LogP contribution in [0.1, 0.15) is 12.8 Å². The zero-order valence-corrected chi connectivity index (χ0v) is 7.19. The van der Waals surface area contributed by atoms with Crippen LogP contribution in [0.2, 0.25) is 0 Å². The van der Waals surface area contributed by atoms with Gasteiger partial charge < -0.3 is 0 Å². The van der Waals surface area contributed by atoms with E-state index in [4.69, 9.17) is 0 Å². The summed E-state index contributed by atoms with van der Waals surface area (Å²) in [7, 11) is 0. The third kappa shape index (κ3) is 1.47. The molecule has 0 aromatic carbocycles. The molecule has 0 aromatic rings. The first-order valence-corrected chi connectivity index (χ1v) is 4.32. The summed E-state index contributed by atoms with van der Waals surface area (Å²) in [6.07, 6.45) is 2.81. The number of nitrogens with zero attached hydrogens (tertiary/aromatic N) is 1. The van der Waals surface area contributed by atoms with Crippen LogP contribution in [0.3, 0.4) is 0 Å². The number of likely N-dealkylation sites (tertiary alicyclic amines) is 1. The van der Waals surface area contributed by atoms with Gasteiger partial charge in [-0.25, -0.2) is 0 Å². The molecule has 1 nitrogen and oxygen atoms in total. The molecule has 2 heteroatoms. The molecule has 0 amide bonds. The van der Waals surface area contributed by atoms with Gasteiger partial charge in [0.2, 0.25) is 0 Å². The second-order valence-corrected chi connectivity index (χ2v) is 2.61. The minimum atomic E-state index is 1.31. The first-order valence-electron chi connectivity index (χ1n) is 2.63. The molecule has 0 aliphatic carbocycles. The Kier molecular flexibility index (Phi) is 2.21. The molecule has 0 saturated carbocycles. The number of hydrogen-bond acceptors (Lipinski definition) is 1. The Balaban J connectivity index is 2.26. The van der Waals surface area contributed by atoms with E-state index >= 15 is 0 Å². The molecule has 0 bridgehead atoms. The summed E-state index contributed by atoms with van der Waals surface area (Å²) in [5.74, 6) is 0. The van der Waals surface area contributed by atoms with Crippen molar-refractivity contribution in [2.24, 2.45) is 0 Å². The average molecular weight is 267 g/mol. The van der Waals surface area contributed by atoms with Crippen LogP contribution < -0.4 is 0 Å². The molecule has 0 unspecified atom stereocenters. The summed E-state index contributed by atoms with van der Waals surface area (Å²) >= 11 is 1.58. The van der Waals surface area contributed by atoms with Gasteiger partial charge in [0, 0.05) is 0 Å². The minimum absolute atomic E-state index is 1.31. The van der Waals surface area contributed by atoms with Crippen molar-refractivity contribution in [2.45, 2.75) is 12.8 Å². The van der Waals surface area contributed by atoms with Gasteiger partial charge in [-0.15, -0.1) is 0 Å². The van der Waals surface area contributed by atoms with Crippen molar-refractivity contribution < 1.29 is 19.4 Å². The van der Waals surface area contributed by atoms with E-state index < -0.39 is 0 Å². The Labute approximate surface area is 55.1 Å². The van der Waals surface area contributed by atoms with E-state index in [-0.39, 0.29) is 0 Å². The van der Waals surface area contributed by atoms with Crippen molar-refractivity contribution >= 4 is 4.52 Å². The molecule has 0 radical (unpaired) electrons. The van der Waals surface area contributed by atoms with E-state index in [0.29, 0.717) is 0 Å². The van der Waals surface area contributed by atoms with E-state index in [1.54, 1.807) is 19.4 Å². The molecule has 0 spiro atoms. The van der Waals surface area contributed by atoms with Crippen molar-refractivity contribution in [2.75, 3.05) is 13.1 Å². The number of hydrogen-bond donors (Lipinski definition) is 0. The van der Waals surface area contributed by atoms with Gasteiger partial charge in [-0.1, -0.05) is 0 Å². The molecule has 0 atom stereocenters. The summed E-state index contributed by atoms with van der Waals surface area (Å²) in [4.78, 5) is 2.40. The van der Waals surface area contributed by atoms with Crippen molar-refractivity contribution in [3.05, 3.63) is 0 Å². The van der Waals surface area contributed by atoms with Gasteiger partial charge in [0.25, 0.3) is 0 Å². The van der Waals surface area contributed by atoms with E-state index in [1.807, 2.05) is 0 Å². The van der Waals surface area contributed by atoms with Crippen molar-refractivity contribution in [3.63, 3.8) is 0 Å². The molecule has 40 valence electrons. The van der Waals surface area contributed by atoms with Gasteiger partial charge in [0.1, 0.15) is 0 Å². The van der Waals surface area contributed by atoms with E-state index in [0.717, 1.165) is 0 Å². The van der Waals surface area contributed by atoms with Gasteiger partial charge in [-0.05, 0) is 0 Å². The molecular formula is C5H9NW. The van der Waals surface area contributed by atoms with Crippen LogP contribution in [0.5, 0.6) is 0 Å². The van der Waals surface area contributed by atoms with Crippen LogP contribution in [0.4, 0.5) is 0 Å². The first-order chi connectivity index (χ1) is 3.43. The fraction of sp³-hybridized carbons (Fsp3) is 0.800. The number of rotatable bonds is 1. The third-order valence-corrected chi connectivity index (χ3v) is 2.36. The molecule has 0 N–H and O–H groups in total. The molecule has 1 heterocycles. The third-order valence-electron chi connectivity index (χ3n) is 1.29. The zero-order valence-electron chi connectivity index (χ0n) is 4.26. The fourth-order valence-electron chi connectivity index (χ4n) is 0.847. The molecule has 7 heavy (non-hydrogen) atoms. The summed E-state index contributed by atoms with van der Waals surface area (Å²) < 4.78 is 2.26. The summed E-state index contributed by atoms with van der Waals surface area (Å²) in [5, 5.41) is 0. The maximum absolute atomic E-state index is 2.40.